The molecule has 2 aromatic rings. The van der Waals surface area contributed by atoms with E-state index >= 15 is 0 Å². The highest BCUT2D eigenvalue weighted by molar-refractivity contribution is 5.92. The van der Waals surface area contributed by atoms with Crippen LogP contribution in [0.2, 0.25) is 0 Å². The summed E-state index contributed by atoms with van der Waals surface area (Å²) in [5.41, 5.74) is 8.68. The summed E-state index contributed by atoms with van der Waals surface area (Å²) in [7, 11) is 1.51. The lowest BCUT2D eigenvalue weighted by Gasteiger charge is -2.18. The number of nitrogens with two attached hydrogens (primary N) is 2. The largest absolute Gasteiger partial charge is 0.393 e. The Hall–Kier alpha value is -3.66. The van der Waals surface area contributed by atoms with Crippen LogP contribution in [0.15, 0.2) is 48.3 Å². The van der Waals surface area contributed by atoms with Crippen molar-refractivity contribution in [2.75, 3.05) is 36.9 Å². The lowest BCUT2D eigenvalue weighted by atomic mass is 10.1. The maximum Gasteiger partial charge on any atom is 0.268 e. The first kappa shape index (κ1) is 25.0. The lowest BCUT2D eigenvalue weighted by Crippen LogP contribution is -2.32. The number of benzene rings is 1. The van der Waals surface area contributed by atoms with Gasteiger partial charge in [-0.2, -0.15) is 5.10 Å². The Morgan fingerprint density at radius 2 is 1.94 bits per heavy atom. The van der Waals surface area contributed by atoms with Gasteiger partial charge >= 0.3 is 0 Å². The van der Waals surface area contributed by atoms with Crippen LogP contribution in [0.4, 0.5) is 11.5 Å². The number of unbranched alkanes of at least 4 members (excludes halogenated alkanes) is 1. The van der Waals surface area contributed by atoms with Gasteiger partial charge < -0.3 is 26.3 Å². The van der Waals surface area contributed by atoms with Gasteiger partial charge in [-0.25, -0.2) is 5.84 Å². The topological polar surface area (TPSA) is 142 Å². The number of likely N-dealkylation sites (N-methyl/N-ethyl adjacent to an activating group) is 1. The van der Waals surface area contributed by atoms with E-state index in [4.69, 9.17) is 11.6 Å². The van der Waals surface area contributed by atoms with Gasteiger partial charge in [0.1, 0.15) is 5.70 Å². The predicted octanol–water partition coefficient (Wildman–Crippen LogP) is 1.30. The SMILES string of the molecule is CNC(=O)/C(N)=C/N(N)CCCCc1ccc(NC(=O)Cc2cccc(N3CCCC3)c2)nn1. The third kappa shape index (κ3) is 7.73. The van der Waals surface area contributed by atoms with Gasteiger partial charge in [-0.15, -0.1) is 5.10 Å². The first-order valence-corrected chi connectivity index (χ1v) is 11.6. The average molecular weight is 467 g/mol. The van der Waals surface area contributed by atoms with Crippen molar-refractivity contribution < 1.29 is 9.59 Å². The third-order valence-corrected chi connectivity index (χ3v) is 5.63. The number of nitrogens with zero attached hydrogens (tertiary/aromatic N) is 4. The number of carbonyl (C=O) groups is 2. The highest BCUT2D eigenvalue weighted by Crippen LogP contribution is 2.21. The van der Waals surface area contributed by atoms with Crippen LogP contribution in [0, 0.1) is 0 Å². The fourth-order valence-electron chi connectivity index (χ4n) is 3.82. The van der Waals surface area contributed by atoms with Crippen molar-refractivity contribution in [3.05, 3.63) is 59.6 Å². The minimum atomic E-state index is -0.367. The molecule has 0 saturated carbocycles. The normalized spacial score (nSPS) is 13.6. The number of aromatic nitrogens is 2. The van der Waals surface area contributed by atoms with Gasteiger partial charge in [-0.3, -0.25) is 9.59 Å². The smallest absolute Gasteiger partial charge is 0.268 e. The molecule has 3 rings (SSSR count). The van der Waals surface area contributed by atoms with E-state index in [1.165, 1.54) is 36.8 Å². The quantitative estimate of drug-likeness (QED) is 0.168. The Morgan fingerprint density at radius 1 is 1.15 bits per heavy atom. The Balaban J connectivity index is 1.40. The zero-order valence-electron chi connectivity index (χ0n) is 19.7. The number of hydrogen-bond acceptors (Lipinski definition) is 8. The fraction of sp³-hybridized carbons (Fsp3) is 0.417. The van der Waals surface area contributed by atoms with Gasteiger partial charge in [0.25, 0.3) is 5.91 Å². The molecule has 1 aliphatic heterocycles. The van der Waals surface area contributed by atoms with Crippen molar-refractivity contribution in [1.29, 1.82) is 0 Å². The summed E-state index contributed by atoms with van der Waals surface area (Å²) in [5, 5.41) is 15.0. The molecular weight excluding hydrogens is 432 g/mol. The lowest BCUT2D eigenvalue weighted by molar-refractivity contribution is -0.117. The van der Waals surface area contributed by atoms with Crippen LogP contribution in [0.25, 0.3) is 0 Å². The number of hydrazine groups is 1. The highest BCUT2D eigenvalue weighted by atomic mass is 16.2. The molecule has 1 saturated heterocycles. The molecule has 0 unspecified atom stereocenters. The van der Waals surface area contributed by atoms with Gasteiger partial charge in [0.05, 0.1) is 12.1 Å². The molecule has 1 aliphatic rings. The van der Waals surface area contributed by atoms with Crippen molar-refractivity contribution in [2.24, 2.45) is 11.6 Å². The maximum atomic E-state index is 12.5. The molecule has 10 nitrogen and oxygen atoms in total. The molecule has 0 aliphatic carbocycles. The van der Waals surface area contributed by atoms with Crippen LogP contribution >= 0.6 is 0 Å². The zero-order chi connectivity index (χ0) is 24.3. The first-order valence-electron chi connectivity index (χ1n) is 11.6. The van der Waals surface area contributed by atoms with E-state index in [0.717, 1.165) is 43.6 Å². The Morgan fingerprint density at radius 3 is 2.65 bits per heavy atom. The molecular formula is C24H34N8O2. The molecule has 10 heteroatoms. The number of carbonyl (C=O) groups excluding carboxylic acids is 2. The standard InChI is InChI=1S/C24H34N8O2/c1-27-24(34)21(25)17-32(26)14-3-2-8-19-10-11-22(30-29-19)28-23(33)16-18-7-6-9-20(15-18)31-12-4-5-13-31/h6-7,9-11,15,17H,2-5,8,12-14,16,25-26H2,1H3,(H,27,34)(H,28,30,33)/b21-17-. The van der Waals surface area contributed by atoms with Gasteiger partial charge in [-0.1, -0.05) is 12.1 Å². The first-order chi connectivity index (χ1) is 16.4. The maximum absolute atomic E-state index is 12.5. The molecule has 0 spiro atoms. The summed E-state index contributed by atoms with van der Waals surface area (Å²) < 4.78 is 0. The second kappa shape index (κ2) is 12.5. The number of amides is 2. The molecule has 1 aromatic carbocycles. The van der Waals surface area contributed by atoms with E-state index in [2.05, 4.69) is 37.9 Å². The summed E-state index contributed by atoms with van der Waals surface area (Å²) in [4.78, 5) is 26.2. The summed E-state index contributed by atoms with van der Waals surface area (Å²) >= 11 is 0. The van der Waals surface area contributed by atoms with Gasteiger partial charge in [0, 0.05) is 38.6 Å². The van der Waals surface area contributed by atoms with Crippen LogP contribution in [0.1, 0.15) is 36.9 Å². The molecule has 2 amide bonds. The van der Waals surface area contributed by atoms with E-state index in [-0.39, 0.29) is 17.5 Å². The minimum absolute atomic E-state index is 0.0628. The zero-order valence-corrected chi connectivity index (χ0v) is 19.7. The van der Waals surface area contributed by atoms with Gasteiger partial charge in [0.2, 0.25) is 5.91 Å². The molecule has 1 aromatic heterocycles. The van der Waals surface area contributed by atoms with Crippen molar-refractivity contribution in [3.8, 4) is 0 Å². The van der Waals surface area contributed by atoms with Crippen LogP contribution in [0.5, 0.6) is 0 Å². The highest BCUT2D eigenvalue weighted by Gasteiger charge is 2.13. The Bertz CT molecular complexity index is 987. The predicted molar refractivity (Wildman–Crippen MR) is 132 cm³/mol. The van der Waals surface area contributed by atoms with Crippen LogP contribution in [-0.4, -0.2) is 53.7 Å². The molecule has 0 atom stereocenters. The summed E-state index contributed by atoms with van der Waals surface area (Å²) in [6.07, 6.45) is 6.51. The molecule has 6 N–H and O–H groups in total. The minimum Gasteiger partial charge on any atom is -0.393 e. The second-order valence-corrected chi connectivity index (χ2v) is 8.36. The fourth-order valence-corrected chi connectivity index (χ4v) is 3.82. The number of anilines is 2. The molecule has 182 valence electrons. The monoisotopic (exact) mass is 466 g/mol. The molecule has 0 radical (unpaired) electrons. The Labute approximate surface area is 200 Å². The van der Waals surface area contributed by atoms with Crippen LogP contribution in [0.3, 0.4) is 0 Å². The van der Waals surface area contributed by atoms with Crippen molar-refractivity contribution >= 4 is 23.3 Å². The number of nitrogens with one attached hydrogen (secondary N) is 2. The number of aryl methyl sites for hydroxylation is 1. The second-order valence-electron chi connectivity index (χ2n) is 8.36. The van der Waals surface area contributed by atoms with Gasteiger partial charge in [-0.05, 0) is 61.9 Å². The molecule has 2 heterocycles. The van der Waals surface area contributed by atoms with Gasteiger partial charge in [0.15, 0.2) is 5.82 Å². The van der Waals surface area contributed by atoms with Crippen molar-refractivity contribution in [3.63, 3.8) is 0 Å². The van der Waals surface area contributed by atoms with E-state index in [0.29, 0.717) is 18.8 Å². The summed E-state index contributed by atoms with van der Waals surface area (Å²) in [6.45, 7) is 2.70. The van der Waals surface area contributed by atoms with Crippen molar-refractivity contribution in [2.45, 2.75) is 38.5 Å². The number of hydrogen-bond donors (Lipinski definition) is 4. The third-order valence-electron chi connectivity index (χ3n) is 5.63. The average Bonchev–Trinajstić information content (AvgIpc) is 3.37. The van der Waals surface area contributed by atoms with Crippen LogP contribution in [-0.2, 0) is 22.4 Å². The molecule has 0 bridgehead atoms. The van der Waals surface area contributed by atoms with Crippen molar-refractivity contribution in [1.82, 2.24) is 20.5 Å². The number of rotatable bonds is 11. The van der Waals surface area contributed by atoms with E-state index in [1.54, 1.807) is 6.07 Å². The molecule has 1 fully saturated rings. The van der Waals surface area contributed by atoms with Crippen LogP contribution < -0.4 is 27.1 Å². The summed E-state index contributed by atoms with van der Waals surface area (Å²) in [5.74, 6) is 5.79. The summed E-state index contributed by atoms with van der Waals surface area (Å²) in [6, 6.07) is 11.8. The molecule has 34 heavy (non-hydrogen) atoms. The van der Waals surface area contributed by atoms with E-state index in [9.17, 15) is 9.59 Å². The Kier molecular flexibility index (Phi) is 9.21. The van der Waals surface area contributed by atoms with E-state index < -0.39 is 0 Å². The van der Waals surface area contributed by atoms with E-state index in [1.807, 2.05) is 18.2 Å².